The molecule has 1 fully saturated rings. The molecule has 1 aromatic carbocycles. The van der Waals surface area contributed by atoms with E-state index in [-0.39, 0.29) is 39.9 Å². The topological polar surface area (TPSA) is 94.8 Å². The summed E-state index contributed by atoms with van der Waals surface area (Å²) in [5.41, 5.74) is 0. The second-order valence-electron chi connectivity index (χ2n) is 6.02. The lowest BCUT2D eigenvalue weighted by atomic mass is 10.2. The summed E-state index contributed by atoms with van der Waals surface area (Å²) in [4.78, 5) is 12.2. The SMILES string of the molecule is COc1ccccc1S(=O)(=O)Cc1ccc(C(=O)NC[C@H]2CCCO2)o1. The third kappa shape index (κ3) is 4.25. The molecule has 2 heterocycles. The quantitative estimate of drug-likeness (QED) is 0.792. The number of sulfone groups is 1. The lowest BCUT2D eigenvalue weighted by Crippen LogP contribution is -2.31. The van der Waals surface area contributed by atoms with Crippen molar-refractivity contribution >= 4 is 15.7 Å². The zero-order valence-electron chi connectivity index (χ0n) is 14.4. The summed E-state index contributed by atoms with van der Waals surface area (Å²) in [6.07, 6.45) is 1.94. The minimum atomic E-state index is -3.66. The highest BCUT2D eigenvalue weighted by atomic mass is 32.2. The minimum Gasteiger partial charge on any atom is -0.495 e. The van der Waals surface area contributed by atoms with Crippen molar-refractivity contribution in [3.63, 3.8) is 0 Å². The van der Waals surface area contributed by atoms with E-state index in [4.69, 9.17) is 13.9 Å². The van der Waals surface area contributed by atoms with Gasteiger partial charge in [-0.15, -0.1) is 0 Å². The number of methoxy groups -OCH3 is 1. The number of ether oxygens (including phenoxy) is 2. The predicted octanol–water partition coefficient (Wildman–Crippen LogP) is 2.17. The number of carbonyl (C=O) groups is 1. The molecule has 0 bridgehead atoms. The molecule has 0 unspecified atom stereocenters. The van der Waals surface area contributed by atoms with E-state index in [2.05, 4.69) is 5.32 Å². The van der Waals surface area contributed by atoms with Crippen LogP contribution in [-0.2, 0) is 20.3 Å². The van der Waals surface area contributed by atoms with E-state index in [1.54, 1.807) is 18.2 Å². The first-order chi connectivity index (χ1) is 12.5. The Morgan fingerprint density at radius 3 is 2.81 bits per heavy atom. The van der Waals surface area contributed by atoms with Gasteiger partial charge in [0.1, 0.15) is 22.2 Å². The number of hydrogen-bond acceptors (Lipinski definition) is 6. The highest BCUT2D eigenvalue weighted by molar-refractivity contribution is 7.90. The molecule has 1 saturated heterocycles. The highest BCUT2D eigenvalue weighted by Gasteiger charge is 2.23. The van der Waals surface area contributed by atoms with Gasteiger partial charge in [0.2, 0.25) is 0 Å². The van der Waals surface area contributed by atoms with Crippen LogP contribution in [0.25, 0.3) is 0 Å². The molecule has 26 heavy (non-hydrogen) atoms. The van der Waals surface area contributed by atoms with Crippen LogP contribution >= 0.6 is 0 Å². The molecule has 140 valence electrons. The van der Waals surface area contributed by atoms with Crippen LogP contribution in [-0.4, -0.2) is 40.7 Å². The van der Waals surface area contributed by atoms with Gasteiger partial charge in [-0.3, -0.25) is 4.79 Å². The van der Waals surface area contributed by atoms with Gasteiger partial charge in [0.05, 0.1) is 13.2 Å². The third-order valence-electron chi connectivity index (χ3n) is 4.14. The summed E-state index contributed by atoms with van der Waals surface area (Å²) in [7, 11) is -2.25. The maximum Gasteiger partial charge on any atom is 0.287 e. The molecule has 7 nitrogen and oxygen atoms in total. The van der Waals surface area contributed by atoms with Gasteiger partial charge in [-0.2, -0.15) is 0 Å². The van der Waals surface area contributed by atoms with E-state index >= 15 is 0 Å². The summed E-state index contributed by atoms with van der Waals surface area (Å²) < 4.78 is 41.2. The van der Waals surface area contributed by atoms with Crippen LogP contribution in [0.15, 0.2) is 45.7 Å². The van der Waals surface area contributed by atoms with Crippen molar-refractivity contribution in [3.8, 4) is 5.75 Å². The normalized spacial score (nSPS) is 17.2. The Hall–Kier alpha value is -2.32. The van der Waals surface area contributed by atoms with Crippen LogP contribution in [0.3, 0.4) is 0 Å². The van der Waals surface area contributed by atoms with Crippen molar-refractivity contribution in [1.82, 2.24) is 5.32 Å². The van der Waals surface area contributed by atoms with Crippen LogP contribution in [0.4, 0.5) is 0 Å². The zero-order valence-corrected chi connectivity index (χ0v) is 15.3. The zero-order chi connectivity index (χ0) is 18.6. The largest absolute Gasteiger partial charge is 0.495 e. The number of benzene rings is 1. The lowest BCUT2D eigenvalue weighted by Gasteiger charge is -2.09. The molecule has 0 spiro atoms. The van der Waals surface area contributed by atoms with E-state index < -0.39 is 9.84 Å². The third-order valence-corrected chi connectivity index (χ3v) is 5.81. The first-order valence-corrected chi connectivity index (χ1v) is 9.99. The summed E-state index contributed by atoms with van der Waals surface area (Å²) in [6, 6.07) is 9.35. The van der Waals surface area contributed by atoms with E-state index in [0.717, 1.165) is 12.8 Å². The molecule has 2 aromatic rings. The van der Waals surface area contributed by atoms with E-state index in [9.17, 15) is 13.2 Å². The Morgan fingerprint density at radius 1 is 1.27 bits per heavy atom. The summed E-state index contributed by atoms with van der Waals surface area (Å²) in [5.74, 6) is -0.201. The smallest absolute Gasteiger partial charge is 0.287 e. The number of furan rings is 1. The number of nitrogens with one attached hydrogen (secondary N) is 1. The van der Waals surface area contributed by atoms with Crippen LogP contribution in [0.5, 0.6) is 5.75 Å². The molecule has 0 saturated carbocycles. The summed E-state index contributed by atoms with van der Waals surface area (Å²) >= 11 is 0. The van der Waals surface area contributed by atoms with Crippen molar-refractivity contribution < 1.29 is 27.1 Å². The van der Waals surface area contributed by atoms with Gasteiger partial charge in [0.15, 0.2) is 15.6 Å². The number of rotatable bonds is 7. The molecular formula is C18H21NO6S. The van der Waals surface area contributed by atoms with Gasteiger partial charge < -0.3 is 19.2 Å². The Bertz CT molecular complexity index is 867. The van der Waals surface area contributed by atoms with Crippen molar-refractivity contribution in [2.75, 3.05) is 20.3 Å². The first-order valence-electron chi connectivity index (χ1n) is 8.34. The number of carbonyl (C=O) groups excluding carboxylic acids is 1. The molecule has 1 amide bonds. The Labute approximate surface area is 152 Å². The number of para-hydroxylation sites is 1. The molecule has 0 aliphatic carbocycles. The van der Waals surface area contributed by atoms with Gasteiger partial charge in [-0.25, -0.2) is 8.42 Å². The van der Waals surface area contributed by atoms with Crippen molar-refractivity contribution in [1.29, 1.82) is 0 Å². The second-order valence-corrected chi connectivity index (χ2v) is 7.98. The van der Waals surface area contributed by atoms with Crippen LogP contribution < -0.4 is 10.1 Å². The van der Waals surface area contributed by atoms with Crippen LogP contribution in [0.1, 0.15) is 29.2 Å². The van der Waals surface area contributed by atoms with Gasteiger partial charge in [0, 0.05) is 13.2 Å². The molecule has 8 heteroatoms. The van der Waals surface area contributed by atoms with Gasteiger partial charge in [-0.1, -0.05) is 12.1 Å². The average Bonchev–Trinajstić information content (AvgIpc) is 3.31. The van der Waals surface area contributed by atoms with Crippen LogP contribution in [0.2, 0.25) is 0 Å². The Balaban J connectivity index is 1.66. The minimum absolute atomic E-state index is 0.0271. The fourth-order valence-electron chi connectivity index (χ4n) is 2.82. The molecule has 3 rings (SSSR count). The summed E-state index contributed by atoms with van der Waals surface area (Å²) in [5, 5.41) is 2.74. The van der Waals surface area contributed by atoms with Crippen molar-refractivity contribution in [2.45, 2.75) is 29.6 Å². The number of amides is 1. The van der Waals surface area contributed by atoms with Crippen LogP contribution in [0, 0.1) is 0 Å². The first kappa shape index (κ1) is 18.5. The van der Waals surface area contributed by atoms with Crippen molar-refractivity contribution in [2.24, 2.45) is 0 Å². The fourth-order valence-corrected chi connectivity index (χ4v) is 4.25. The fraction of sp³-hybridized carbons (Fsp3) is 0.389. The Morgan fingerprint density at radius 2 is 2.08 bits per heavy atom. The van der Waals surface area contributed by atoms with E-state index in [0.29, 0.717) is 13.2 Å². The van der Waals surface area contributed by atoms with Gasteiger partial charge in [-0.05, 0) is 37.1 Å². The van der Waals surface area contributed by atoms with E-state index in [1.165, 1.54) is 25.3 Å². The standard InChI is InChI=1S/C18H21NO6S/c1-23-15-6-2-3-7-17(15)26(21,22)12-14-8-9-16(25-14)18(20)19-11-13-5-4-10-24-13/h2-3,6-9,13H,4-5,10-12H2,1H3,(H,19,20)/t13-/m1/s1. The highest BCUT2D eigenvalue weighted by Crippen LogP contribution is 2.26. The van der Waals surface area contributed by atoms with E-state index in [1.807, 2.05) is 0 Å². The molecule has 1 atom stereocenters. The average molecular weight is 379 g/mol. The monoisotopic (exact) mass is 379 g/mol. The second kappa shape index (κ2) is 7.92. The predicted molar refractivity (Wildman–Crippen MR) is 93.9 cm³/mol. The van der Waals surface area contributed by atoms with Gasteiger partial charge in [0.25, 0.3) is 5.91 Å². The lowest BCUT2D eigenvalue weighted by molar-refractivity contribution is 0.0834. The van der Waals surface area contributed by atoms with Gasteiger partial charge >= 0.3 is 0 Å². The Kier molecular flexibility index (Phi) is 5.63. The molecule has 1 N–H and O–H groups in total. The molecule has 1 aromatic heterocycles. The molecule has 0 radical (unpaired) electrons. The maximum absolute atomic E-state index is 12.6. The molecular weight excluding hydrogens is 358 g/mol. The number of hydrogen-bond donors (Lipinski definition) is 1. The molecule has 1 aliphatic rings. The molecule has 1 aliphatic heterocycles. The maximum atomic E-state index is 12.6. The van der Waals surface area contributed by atoms with Crippen molar-refractivity contribution in [3.05, 3.63) is 47.9 Å². The summed E-state index contributed by atoms with van der Waals surface area (Å²) in [6.45, 7) is 1.13.